The molecular weight excluding hydrogens is 444 g/mol. The van der Waals surface area contributed by atoms with Gasteiger partial charge >= 0.3 is 0 Å². The van der Waals surface area contributed by atoms with Gasteiger partial charge in [0.2, 0.25) is 11.8 Å². The monoisotopic (exact) mass is 478 g/mol. The van der Waals surface area contributed by atoms with Crippen LogP contribution in [0.15, 0.2) is 53.5 Å². The first-order valence-electron chi connectivity index (χ1n) is 11.8. The van der Waals surface area contributed by atoms with E-state index in [2.05, 4.69) is 30.2 Å². The molecule has 4 N–H and O–H groups in total. The third kappa shape index (κ3) is 6.89. The zero-order chi connectivity index (χ0) is 25.5. The van der Waals surface area contributed by atoms with Gasteiger partial charge in [0.25, 0.3) is 5.56 Å². The van der Waals surface area contributed by atoms with Crippen molar-refractivity contribution in [2.24, 2.45) is 11.7 Å². The van der Waals surface area contributed by atoms with Crippen LogP contribution in [0.2, 0.25) is 0 Å². The van der Waals surface area contributed by atoms with Gasteiger partial charge in [-0.1, -0.05) is 32.1 Å². The number of rotatable bonds is 10. The van der Waals surface area contributed by atoms with Gasteiger partial charge in [-0.3, -0.25) is 14.4 Å². The van der Waals surface area contributed by atoms with Gasteiger partial charge in [-0.2, -0.15) is 0 Å². The van der Waals surface area contributed by atoms with Crippen LogP contribution < -0.4 is 16.6 Å². The number of carbonyl (C=O) groups excluding carboxylic acids is 2. The van der Waals surface area contributed by atoms with Gasteiger partial charge in [0.15, 0.2) is 0 Å². The van der Waals surface area contributed by atoms with Gasteiger partial charge in [0.05, 0.1) is 23.6 Å². The Morgan fingerprint density at radius 3 is 2.71 bits per heavy atom. The van der Waals surface area contributed by atoms with Crippen LogP contribution in [0, 0.1) is 5.92 Å². The SMILES string of the molecule is CC(C)Cc1cccc2[nH]c(Cn3cccc(NC(=O)[C@@H](N)CC/C=C/C(=O)N(C)C)c3=O)nc12. The van der Waals surface area contributed by atoms with Crippen molar-refractivity contribution in [3.63, 3.8) is 0 Å². The molecule has 0 aliphatic heterocycles. The Morgan fingerprint density at radius 1 is 1.23 bits per heavy atom. The van der Waals surface area contributed by atoms with Crippen molar-refractivity contribution in [3.8, 4) is 0 Å². The summed E-state index contributed by atoms with van der Waals surface area (Å²) in [5.41, 5.74) is 8.82. The van der Waals surface area contributed by atoms with E-state index < -0.39 is 11.9 Å². The highest BCUT2D eigenvalue weighted by Gasteiger charge is 2.16. The van der Waals surface area contributed by atoms with Crippen molar-refractivity contribution in [2.45, 2.75) is 45.7 Å². The van der Waals surface area contributed by atoms with Crippen molar-refractivity contribution in [2.75, 3.05) is 19.4 Å². The van der Waals surface area contributed by atoms with E-state index >= 15 is 0 Å². The summed E-state index contributed by atoms with van der Waals surface area (Å²) < 4.78 is 1.50. The maximum absolute atomic E-state index is 13.0. The number of amides is 2. The van der Waals surface area contributed by atoms with Crippen LogP contribution in [0.3, 0.4) is 0 Å². The molecule has 0 saturated heterocycles. The van der Waals surface area contributed by atoms with Crippen molar-refractivity contribution in [1.82, 2.24) is 19.4 Å². The molecule has 1 atom stereocenters. The van der Waals surface area contributed by atoms with Crippen molar-refractivity contribution >= 4 is 28.5 Å². The summed E-state index contributed by atoms with van der Waals surface area (Å²) in [6.45, 7) is 4.58. The van der Waals surface area contributed by atoms with Gasteiger partial charge in [0, 0.05) is 20.3 Å². The number of imidazole rings is 1. The standard InChI is InChI=1S/C26H34N6O3/c1-17(2)15-18-9-7-11-20-24(18)30-22(28-20)16-32-14-8-12-21(26(32)35)29-25(34)19(27)10-5-6-13-23(33)31(3)4/h6-9,11-14,17,19H,5,10,15-16,27H2,1-4H3,(H,28,30)(H,29,34)/b13-6+/t19-/m0/s1. The molecule has 1 aromatic carbocycles. The van der Waals surface area contributed by atoms with Crippen LogP contribution >= 0.6 is 0 Å². The van der Waals surface area contributed by atoms with Gasteiger partial charge in [-0.25, -0.2) is 4.98 Å². The lowest BCUT2D eigenvalue weighted by atomic mass is 10.0. The Balaban J connectivity index is 1.67. The molecule has 0 bridgehead atoms. The molecule has 0 unspecified atom stereocenters. The van der Waals surface area contributed by atoms with E-state index in [1.165, 1.54) is 21.1 Å². The molecule has 35 heavy (non-hydrogen) atoms. The molecule has 9 nitrogen and oxygen atoms in total. The Hall–Kier alpha value is -3.72. The average Bonchev–Trinajstić information content (AvgIpc) is 3.22. The molecule has 9 heteroatoms. The molecule has 0 aliphatic rings. The molecule has 186 valence electrons. The number of fused-ring (bicyclic) bond motifs is 1. The summed E-state index contributed by atoms with van der Waals surface area (Å²) in [7, 11) is 3.33. The highest BCUT2D eigenvalue weighted by molar-refractivity contribution is 5.94. The smallest absolute Gasteiger partial charge is 0.274 e. The molecule has 0 fully saturated rings. The lowest BCUT2D eigenvalue weighted by Crippen LogP contribution is -2.37. The fourth-order valence-electron chi connectivity index (χ4n) is 3.71. The Labute approximate surface area is 205 Å². The molecule has 0 spiro atoms. The number of H-pyrrole nitrogens is 1. The predicted octanol–water partition coefficient (Wildman–Crippen LogP) is 2.66. The molecule has 3 rings (SSSR count). The molecule has 0 radical (unpaired) electrons. The van der Waals surface area contributed by atoms with Crippen molar-refractivity contribution in [3.05, 3.63) is 70.4 Å². The van der Waals surface area contributed by atoms with Crippen LogP contribution in [-0.2, 0) is 22.6 Å². The first-order valence-corrected chi connectivity index (χ1v) is 11.8. The molecule has 3 aromatic rings. The van der Waals surface area contributed by atoms with Crippen LogP contribution in [0.25, 0.3) is 11.0 Å². The lowest BCUT2D eigenvalue weighted by Gasteiger charge is -2.12. The number of para-hydroxylation sites is 1. The number of likely N-dealkylation sites (N-methyl/N-ethyl adjacent to an activating group) is 1. The maximum Gasteiger partial charge on any atom is 0.274 e. The zero-order valence-corrected chi connectivity index (χ0v) is 20.7. The molecule has 2 aromatic heterocycles. The van der Waals surface area contributed by atoms with E-state index in [1.807, 2.05) is 12.1 Å². The number of carbonyl (C=O) groups is 2. The second-order valence-electron chi connectivity index (χ2n) is 9.26. The van der Waals surface area contributed by atoms with Gasteiger partial charge in [-0.05, 0) is 55.0 Å². The zero-order valence-electron chi connectivity index (χ0n) is 20.7. The number of aromatic amines is 1. The summed E-state index contributed by atoms with van der Waals surface area (Å²) in [6.07, 6.45) is 6.53. The van der Waals surface area contributed by atoms with E-state index in [1.54, 1.807) is 38.5 Å². The molecule has 2 amide bonds. The van der Waals surface area contributed by atoms with E-state index in [4.69, 9.17) is 10.7 Å². The minimum absolute atomic E-state index is 0.131. The van der Waals surface area contributed by atoms with Crippen molar-refractivity contribution in [1.29, 1.82) is 0 Å². The van der Waals surface area contributed by atoms with E-state index in [0.29, 0.717) is 24.6 Å². The maximum atomic E-state index is 13.0. The number of aromatic nitrogens is 3. The summed E-state index contributed by atoms with van der Waals surface area (Å²) >= 11 is 0. The average molecular weight is 479 g/mol. The number of nitrogens with two attached hydrogens (primary N) is 1. The summed E-state index contributed by atoms with van der Waals surface area (Å²) in [5, 5.41) is 2.63. The van der Waals surface area contributed by atoms with Crippen LogP contribution in [0.5, 0.6) is 0 Å². The third-order valence-corrected chi connectivity index (χ3v) is 5.55. The fraction of sp³-hybridized carbons (Fsp3) is 0.385. The third-order valence-electron chi connectivity index (χ3n) is 5.55. The molecule has 0 aliphatic carbocycles. The number of hydrogen-bond donors (Lipinski definition) is 3. The minimum Gasteiger partial charge on any atom is -0.345 e. The minimum atomic E-state index is -0.808. The molecule has 2 heterocycles. The number of pyridine rings is 1. The normalized spacial score (nSPS) is 12.4. The Morgan fingerprint density at radius 2 is 2.00 bits per heavy atom. The Bertz CT molecular complexity index is 1270. The summed E-state index contributed by atoms with van der Waals surface area (Å²) in [5.74, 6) is 0.590. The first kappa shape index (κ1) is 25.9. The van der Waals surface area contributed by atoms with Gasteiger partial charge in [0.1, 0.15) is 11.5 Å². The Kier molecular flexibility index (Phi) is 8.59. The number of anilines is 1. The summed E-state index contributed by atoms with van der Waals surface area (Å²) in [4.78, 5) is 46.5. The summed E-state index contributed by atoms with van der Waals surface area (Å²) in [6, 6.07) is 8.50. The quantitative estimate of drug-likeness (QED) is 0.386. The second-order valence-corrected chi connectivity index (χ2v) is 9.26. The van der Waals surface area contributed by atoms with Gasteiger partial charge < -0.3 is 25.5 Å². The largest absolute Gasteiger partial charge is 0.345 e. The highest BCUT2D eigenvalue weighted by atomic mass is 16.2. The first-order chi connectivity index (χ1) is 16.7. The fourth-order valence-corrected chi connectivity index (χ4v) is 3.71. The predicted molar refractivity (Wildman–Crippen MR) is 138 cm³/mol. The van der Waals surface area contributed by atoms with Crippen LogP contribution in [0.4, 0.5) is 5.69 Å². The van der Waals surface area contributed by atoms with E-state index in [0.717, 1.165) is 17.5 Å². The number of hydrogen-bond acceptors (Lipinski definition) is 5. The lowest BCUT2D eigenvalue weighted by molar-refractivity contribution is -0.123. The number of allylic oxidation sites excluding steroid dienone is 1. The molecule has 0 saturated carbocycles. The van der Waals surface area contributed by atoms with Gasteiger partial charge in [-0.15, -0.1) is 0 Å². The van der Waals surface area contributed by atoms with Crippen LogP contribution in [0.1, 0.15) is 38.1 Å². The van der Waals surface area contributed by atoms with E-state index in [9.17, 15) is 14.4 Å². The van der Waals surface area contributed by atoms with Crippen LogP contribution in [-0.4, -0.2) is 51.4 Å². The number of benzene rings is 1. The number of nitrogens with zero attached hydrogens (tertiary/aromatic N) is 3. The number of nitrogens with one attached hydrogen (secondary N) is 2. The second kappa shape index (κ2) is 11.6. The topological polar surface area (TPSA) is 126 Å². The van der Waals surface area contributed by atoms with Crippen molar-refractivity contribution < 1.29 is 9.59 Å². The highest BCUT2D eigenvalue weighted by Crippen LogP contribution is 2.20. The molecular formula is C26H34N6O3. The van der Waals surface area contributed by atoms with E-state index in [-0.39, 0.29) is 23.7 Å².